The molecule has 1 aliphatic rings. The molecule has 0 saturated carbocycles. The predicted molar refractivity (Wildman–Crippen MR) is 48.3 cm³/mol. The molecule has 0 aromatic carbocycles. The van der Waals surface area contributed by atoms with E-state index in [1.54, 1.807) is 0 Å². The van der Waals surface area contributed by atoms with Crippen molar-refractivity contribution in [2.75, 3.05) is 0 Å². The number of carboxylic acid groups (broad SMARTS) is 2. The molecule has 1 aliphatic heterocycles. The first-order valence-corrected chi connectivity index (χ1v) is 4.42. The van der Waals surface area contributed by atoms with Gasteiger partial charge in [-0.15, -0.1) is 0 Å². The predicted octanol–water partition coefficient (Wildman–Crippen LogP) is 0.456. The SMILES string of the molecule is CC1(C)O[C@@](C)(C(=O)O)[C@](C)(C(=O)O)O1. The van der Waals surface area contributed by atoms with Gasteiger partial charge < -0.3 is 19.7 Å². The summed E-state index contributed by atoms with van der Waals surface area (Å²) < 4.78 is 10.3. The maximum atomic E-state index is 11.1. The van der Waals surface area contributed by atoms with E-state index in [0.29, 0.717) is 0 Å². The first-order valence-electron chi connectivity index (χ1n) is 4.42. The molecule has 0 aromatic rings. The number of carboxylic acids is 2. The molecule has 2 N–H and O–H groups in total. The average molecular weight is 218 g/mol. The fraction of sp³-hybridized carbons (Fsp3) is 0.778. The molecule has 2 atom stereocenters. The maximum Gasteiger partial charge on any atom is 0.339 e. The van der Waals surface area contributed by atoms with Gasteiger partial charge >= 0.3 is 11.9 Å². The van der Waals surface area contributed by atoms with Crippen molar-refractivity contribution in [1.29, 1.82) is 0 Å². The fourth-order valence-corrected chi connectivity index (χ4v) is 1.69. The van der Waals surface area contributed by atoms with E-state index >= 15 is 0 Å². The minimum absolute atomic E-state index is 1.19. The van der Waals surface area contributed by atoms with Crippen molar-refractivity contribution in [3.05, 3.63) is 0 Å². The zero-order chi connectivity index (χ0) is 12.1. The summed E-state index contributed by atoms with van der Waals surface area (Å²) in [6, 6.07) is 0. The average Bonchev–Trinajstić information content (AvgIpc) is 2.19. The lowest BCUT2D eigenvalue weighted by Crippen LogP contribution is -2.57. The Morgan fingerprint density at radius 3 is 1.33 bits per heavy atom. The van der Waals surface area contributed by atoms with Gasteiger partial charge in [0.15, 0.2) is 5.79 Å². The molecule has 1 heterocycles. The van der Waals surface area contributed by atoms with Gasteiger partial charge in [0.1, 0.15) is 0 Å². The highest BCUT2D eigenvalue weighted by Crippen LogP contribution is 2.44. The van der Waals surface area contributed by atoms with E-state index in [1.807, 2.05) is 0 Å². The molecule has 6 nitrogen and oxygen atoms in total. The van der Waals surface area contributed by atoms with E-state index in [9.17, 15) is 9.59 Å². The van der Waals surface area contributed by atoms with Crippen LogP contribution in [0.1, 0.15) is 27.7 Å². The van der Waals surface area contributed by atoms with Crippen molar-refractivity contribution in [3.8, 4) is 0 Å². The first-order chi connectivity index (χ1) is 6.55. The molecule has 0 bridgehead atoms. The number of carbonyl (C=O) groups is 2. The Morgan fingerprint density at radius 1 is 0.867 bits per heavy atom. The van der Waals surface area contributed by atoms with Crippen LogP contribution < -0.4 is 0 Å². The summed E-state index contributed by atoms with van der Waals surface area (Å²) in [7, 11) is 0. The minimum atomic E-state index is -1.90. The summed E-state index contributed by atoms with van der Waals surface area (Å²) >= 11 is 0. The Kier molecular flexibility index (Phi) is 2.33. The van der Waals surface area contributed by atoms with Crippen molar-refractivity contribution in [3.63, 3.8) is 0 Å². The molecule has 1 rings (SSSR count). The summed E-state index contributed by atoms with van der Waals surface area (Å²) in [4.78, 5) is 22.1. The highest BCUT2D eigenvalue weighted by Gasteiger charge is 2.67. The van der Waals surface area contributed by atoms with Crippen molar-refractivity contribution in [2.45, 2.75) is 44.7 Å². The van der Waals surface area contributed by atoms with Gasteiger partial charge in [0.2, 0.25) is 11.2 Å². The van der Waals surface area contributed by atoms with E-state index in [4.69, 9.17) is 19.7 Å². The van der Waals surface area contributed by atoms with Crippen LogP contribution in [0.3, 0.4) is 0 Å². The van der Waals surface area contributed by atoms with Gasteiger partial charge in [0.25, 0.3) is 0 Å². The van der Waals surface area contributed by atoms with Crippen LogP contribution in [-0.2, 0) is 19.1 Å². The van der Waals surface area contributed by atoms with Crippen LogP contribution in [0.2, 0.25) is 0 Å². The van der Waals surface area contributed by atoms with Gasteiger partial charge in [0, 0.05) is 0 Å². The third-order valence-corrected chi connectivity index (χ3v) is 2.63. The summed E-state index contributed by atoms with van der Waals surface area (Å²) in [5, 5.41) is 18.0. The Bertz CT molecular complexity index is 293. The minimum Gasteiger partial charge on any atom is -0.479 e. The van der Waals surface area contributed by atoms with Crippen LogP contribution in [0.5, 0.6) is 0 Å². The van der Waals surface area contributed by atoms with E-state index in [1.165, 1.54) is 27.7 Å². The van der Waals surface area contributed by atoms with Crippen LogP contribution in [0, 0.1) is 0 Å². The van der Waals surface area contributed by atoms with Crippen LogP contribution in [0.15, 0.2) is 0 Å². The van der Waals surface area contributed by atoms with Crippen LogP contribution >= 0.6 is 0 Å². The third-order valence-electron chi connectivity index (χ3n) is 2.63. The molecule has 1 fully saturated rings. The van der Waals surface area contributed by atoms with Gasteiger partial charge in [-0.05, 0) is 27.7 Å². The van der Waals surface area contributed by atoms with Crippen LogP contribution in [0.4, 0.5) is 0 Å². The quantitative estimate of drug-likeness (QED) is 0.699. The molecule has 1 saturated heterocycles. The molecule has 0 amide bonds. The first kappa shape index (κ1) is 11.9. The number of hydrogen-bond donors (Lipinski definition) is 2. The van der Waals surface area contributed by atoms with E-state index < -0.39 is 28.9 Å². The summed E-state index contributed by atoms with van der Waals surface area (Å²) in [6.07, 6.45) is 0. The smallest absolute Gasteiger partial charge is 0.339 e. The highest BCUT2D eigenvalue weighted by molar-refractivity contribution is 5.91. The molecule has 0 unspecified atom stereocenters. The second-order valence-electron chi connectivity index (χ2n) is 4.28. The van der Waals surface area contributed by atoms with Gasteiger partial charge in [-0.3, -0.25) is 0 Å². The largest absolute Gasteiger partial charge is 0.479 e. The lowest BCUT2D eigenvalue weighted by Gasteiger charge is -2.29. The fourth-order valence-electron chi connectivity index (χ4n) is 1.69. The Labute approximate surface area is 86.8 Å². The summed E-state index contributed by atoms with van der Waals surface area (Å²) in [5.74, 6) is -3.96. The van der Waals surface area contributed by atoms with E-state index in [-0.39, 0.29) is 0 Å². The molecular weight excluding hydrogens is 204 g/mol. The standard InChI is InChI=1S/C9H14O6/c1-7(2)14-8(3,5(10)11)9(4,15-7)6(12)13/h1-4H3,(H,10,11)(H,12,13)/t8-,9-/m0/s1. The molecule has 15 heavy (non-hydrogen) atoms. The lowest BCUT2D eigenvalue weighted by atomic mass is 9.86. The molecule has 86 valence electrons. The van der Waals surface area contributed by atoms with Crippen molar-refractivity contribution >= 4 is 11.9 Å². The Balaban J connectivity index is 3.27. The monoisotopic (exact) mass is 218 g/mol. The van der Waals surface area contributed by atoms with Crippen LogP contribution in [0.25, 0.3) is 0 Å². The Hall–Kier alpha value is -1.14. The number of ether oxygens (including phenoxy) is 2. The highest BCUT2D eigenvalue weighted by atomic mass is 16.8. The molecule has 0 aliphatic carbocycles. The van der Waals surface area contributed by atoms with E-state index in [0.717, 1.165) is 0 Å². The zero-order valence-corrected chi connectivity index (χ0v) is 9.03. The molecule has 0 aromatic heterocycles. The zero-order valence-electron chi connectivity index (χ0n) is 9.03. The molecule has 6 heteroatoms. The third kappa shape index (κ3) is 1.49. The van der Waals surface area contributed by atoms with E-state index in [2.05, 4.69) is 0 Å². The Morgan fingerprint density at radius 2 is 1.13 bits per heavy atom. The van der Waals surface area contributed by atoms with Gasteiger partial charge in [-0.1, -0.05) is 0 Å². The van der Waals surface area contributed by atoms with Gasteiger partial charge in [0.05, 0.1) is 0 Å². The van der Waals surface area contributed by atoms with Crippen molar-refractivity contribution < 1.29 is 29.3 Å². The maximum absolute atomic E-state index is 11.1. The number of hydrogen-bond acceptors (Lipinski definition) is 4. The summed E-state index contributed by atoms with van der Waals surface area (Å²) in [6.45, 7) is 5.33. The molecular formula is C9H14O6. The van der Waals surface area contributed by atoms with Gasteiger partial charge in [-0.2, -0.15) is 0 Å². The number of rotatable bonds is 2. The normalized spacial score (nSPS) is 38.9. The second kappa shape index (κ2) is 2.93. The van der Waals surface area contributed by atoms with Crippen molar-refractivity contribution in [2.24, 2.45) is 0 Å². The van der Waals surface area contributed by atoms with Gasteiger partial charge in [-0.25, -0.2) is 9.59 Å². The van der Waals surface area contributed by atoms with Crippen LogP contribution in [-0.4, -0.2) is 39.1 Å². The summed E-state index contributed by atoms with van der Waals surface area (Å²) in [5.41, 5.74) is -3.80. The second-order valence-corrected chi connectivity index (χ2v) is 4.28. The lowest BCUT2D eigenvalue weighted by molar-refractivity contribution is -0.184. The number of aliphatic carboxylic acids is 2. The van der Waals surface area contributed by atoms with Crippen molar-refractivity contribution in [1.82, 2.24) is 0 Å². The topological polar surface area (TPSA) is 93.1 Å². The molecule has 0 spiro atoms. The molecule has 0 radical (unpaired) electrons.